The van der Waals surface area contributed by atoms with Crippen molar-refractivity contribution in [3.05, 3.63) is 40.5 Å². The van der Waals surface area contributed by atoms with E-state index >= 15 is 0 Å². The zero-order valence-corrected chi connectivity index (χ0v) is 16.4. The van der Waals surface area contributed by atoms with E-state index in [1.54, 1.807) is 19.9 Å². The first-order valence-electron chi connectivity index (χ1n) is 7.44. The summed E-state index contributed by atoms with van der Waals surface area (Å²) in [6.45, 7) is 3.21. The van der Waals surface area contributed by atoms with Crippen molar-refractivity contribution in [3.8, 4) is 5.75 Å². The minimum absolute atomic E-state index is 0.202. The molecule has 1 amide bonds. The predicted octanol–water partition coefficient (Wildman–Crippen LogP) is 3.60. The summed E-state index contributed by atoms with van der Waals surface area (Å²) in [6.07, 6.45) is 2.43. The number of nitrogens with one attached hydrogen (secondary N) is 1. The summed E-state index contributed by atoms with van der Waals surface area (Å²) >= 11 is 12.1. The van der Waals surface area contributed by atoms with E-state index in [2.05, 4.69) is 9.71 Å². The fourth-order valence-electron chi connectivity index (χ4n) is 2.54. The summed E-state index contributed by atoms with van der Waals surface area (Å²) in [5.41, 5.74) is -0.502. The summed E-state index contributed by atoms with van der Waals surface area (Å²) < 4.78 is 31.1. The number of ether oxygens (including phenoxy) is 1. The van der Waals surface area contributed by atoms with Gasteiger partial charge in [0.15, 0.2) is 11.4 Å². The smallest absolute Gasteiger partial charge is 0.276 e. The lowest BCUT2D eigenvalue weighted by molar-refractivity contribution is -0.131. The average molecular weight is 416 g/mol. The molecule has 2 heterocycles. The molecule has 1 aliphatic heterocycles. The number of aromatic nitrogens is 1. The standard InChI is InChI=1S/C16H15Cl2N3O4S/c1-16(2)15(22)21(14-11(18)6-9(17)8-19-14)12-5-4-10(7-13(12)25-16)20-26(3,23)24/h4-8,20H,1-3H3. The lowest BCUT2D eigenvalue weighted by Gasteiger charge is -2.38. The molecule has 1 aromatic carbocycles. The van der Waals surface area contributed by atoms with E-state index < -0.39 is 15.6 Å². The Labute approximate surface area is 160 Å². The Kier molecular flexibility index (Phi) is 4.54. The third kappa shape index (κ3) is 3.58. The third-order valence-corrected chi connectivity index (χ3v) is 4.68. The number of pyridine rings is 1. The monoisotopic (exact) mass is 415 g/mol. The molecule has 0 radical (unpaired) electrons. The highest BCUT2D eigenvalue weighted by Crippen LogP contribution is 2.44. The highest BCUT2D eigenvalue weighted by molar-refractivity contribution is 7.92. The molecule has 0 unspecified atom stereocenters. The number of benzene rings is 1. The fourth-order valence-corrected chi connectivity index (χ4v) is 3.56. The molecule has 138 valence electrons. The maximum absolute atomic E-state index is 12.9. The van der Waals surface area contributed by atoms with Gasteiger partial charge in [0.25, 0.3) is 5.91 Å². The molecule has 3 rings (SSSR count). The van der Waals surface area contributed by atoms with Gasteiger partial charge in [-0.05, 0) is 32.0 Å². The Balaban J connectivity index is 2.16. The van der Waals surface area contributed by atoms with Gasteiger partial charge in [0.05, 0.1) is 27.7 Å². The van der Waals surface area contributed by atoms with Crippen LogP contribution in [0.1, 0.15) is 13.8 Å². The van der Waals surface area contributed by atoms with Gasteiger partial charge in [-0.15, -0.1) is 0 Å². The molecule has 1 aromatic heterocycles. The lowest BCUT2D eigenvalue weighted by atomic mass is 10.0. The number of amides is 1. The minimum Gasteiger partial charge on any atom is -0.476 e. The molecule has 2 aromatic rings. The first-order valence-corrected chi connectivity index (χ1v) is 10.1. The molecule has 7 nitrogen and oxygen atoms in total. The van der Waals surface area contributed by atoms with Gasteiger partial charge >= 0.3 is 0 Å². The van der Waals surface area contributed by atoms with Gasteiger partial charge in [0.2, 0.25) is 10.0 Å². The summed E-state index contributed by atoms with van der Waals surface area (Å²) in [7, 11) is -3.45. The summed E-state index contributed by atoms with van der Waals surface area (Å²) in [4.78, 5) is 18.4. The summed E-state index contributed by atoms with van der Waals surface area (Å²) in [5.74, 6) is 0.157. The van der Waals surface area contributed by atoms with Crippen molar-refractivity contribution >= 4 is 56.3 Å². The first kappa shape index (κ1) is 18.8. The number of nitrogens with zero attached hydrogens (tertiary/aromatic N) is 2. The number of carbonyl (C=O) groups is 1. The second-order valence-corrected chi connectivity index (χ2v) is 8.86. The van der Waals surface area contributed by atoms with E-state index in [9.17, 15) is 13.2 Å². The van der Waals surface area contributed by atoms with Crippen molar-refractivity contribution in [3.63, 3.8) is 0 Å². The normalized spacial score (nSPS) is 16.0. The minimum atomic E-state index is -3.45. The highest BCUT2D eigenvalue weighted by atomic mass is 35.5. The van der Waals surface area contributed by atoms with E-state index in [0.29, 0.717) is 22.1 Å². The average Bonchev–Trinajstić information content (AvgIpc) is 2.48. The molecule has 0 atom stereocenters. The molecule has 0 saturated heterocycles. The van der Waals surface area contributed by atoms with Crippen molar-refractivity contribution < 1.29 is 17.9 Å². The number of rotatable bonds is 3. The van der Waals surface area contributed by atoms with E-state index in [1.165, 1.54) is 29.3 Å². The topological polar surface area (TPSA) is 88.6 Å². The Morgan fingerprint density at radius 2 is 1.92 bits per heavy atom. The quantitative estimate of drug-likeness (QED) is 0.826. The number of sulfonamides is 1. The molecule has 26 heavy (non-hydrogen) atoms. The Morgan fingerprint density at radius 3 is 2.54 bits per heavy atom. The van der Waals surface area contributed by atoms with E-state index in [-0.39, 0.29) is 16.7 Å². The van der Waals surface area contributed by atoms with Gasteiger partial charge in [-0.1, -0.05) is 23.2 Å². The van der Waals surface area contributed by atoms with Crippen LogP contribution in [0.5, 0.6) is 5.75 Å². The number of halogens is 2. The van der Waals surface area contributed by atoms with Gasteiger partial charge in [-0.2, -0.15) is 0 Å². The van der Waals surface area contributed by atoms with Crippen LogP contribution in [0.4, 0.5) is 17.2 Å². The number of carbonyl (C=O) groups excluding carboxylic acids is 1. The zero-order valence-electron chi connectivity index (χ0n) is 14.1. The molecule has 1 aliphatic rings. The molecule has 0 aliphatic carbocycles. The molecule has 10 heteroatoms. The molecule has 0 spiro atoms. The summed E-state index contributed by atoms with van der Waals surface area (Å²) in [5, 5.41) is 0.541. The van der Waals surface area contributed by atoms with E-state index in [4.69, 9.17) is 27.9 Å². The predicted molar refractivity (Wildman–Crippen MR) is 101 cm³/mol. The second kappa shape index (κ2) is 6.29. The fraction of sp³-hybridized carbons (Fsp3) is 0.250. The van der Waals surface area contributed by atoms with Crippen LogP contribution in [0, 0.1) is 0 Å². The van der Waals surface area contributed by atoms with Crippen LogP contribution < -0.4 is 14.4 Å². The molecular formula is C16H15Cl2N3O4S. The van der Waals surface area contributed by atoms with Crippen LogP contribution in [-0.2, 0) is 14.8 Å². The zero-order chi connectivity index (χ0) is 19.3. The Morgan fingerprint density at radius 1 is 1.23 bits per heavy atom. The second-order valence-electron chi connectivity index (χ2n) is 6.27. The van der Waals surface area contributed by atoms with E-state index in [0.717, 1.165) is 6.26 Å². The molecule has 0 bridgehead atoms. The van der Waals surface area contributed by atoms with Crippen LogP contribution >= 0.6 is 23.2 Å². The first-order chi connectivity index (χ1) is 12.0. The van der Waals surface area contributed by atoms with Crippen LogP contribution in [-0.4, -0.2) is 31.2 Å². The summed E-state index contributed by atoms with van der Waals surface area (Å²) in [6, 6.07) is 6.07. The Bertz CT molecular complexity index is 1010. The SMILES string of the molecule is CC1(C)Oc2cc(NS(C)(=O)=O)ccc2N(c2ncc(Cl)cc2Cl)C1=O. The van der Waals surface area contributed by atoms with Gasteiger partial charge in [0, 0.05) is 12.3 Å². The van der Waals surface area contributed by atoms with Crippen LogP contribution in [0.25, 0.3) is 0 Å². The maximum atomic E-state index is 12.9. The van der Waals surface area contributed by atoms with Crippen LogP contribution in [0.3, 0.4) is 0 Å². The van der Waals surface area contributed by atoms with Crippen molar-refractivity contribution in [1.82, 2.24) is 4.98 Å². The number of fused-ring (bicyclic) bond motifs is 1. The number of hydrogen-bond donors (Lipinski definition) is 1. The molecule has 0 fully saturated rings. The van der Waals surface area contributed by atoms with Gasteiger partial charge < -0.3 is 4.74 Å². The third-order valence-electron chi connectivity index (χ3n) is 3.59. The van der Waals surface area contributed by atoms with Gasteiger partial charge in [0.1, 0.15) is 5.75 Å². The van der Waals surface area contributed by atoms with Crippen molar-refractivity contribution in [2.45, 2.75) is 19.4 Å². The maximum Gasteiger partial charge on any atom is 0.276 e. The molecule has 1 N–H and O–H groups in total. The molecule has 0 saturated carbocycles. The van der Waals surface area contributed by atoms with Gasteiger partial charge in [-0.25, -0.2) is 13.4 Å². The van der Waals surface area contributed by atoms with Crippen LogP contribution in [0.2, 0.25) is 10.0 Å². The lowest BCUT2D eigenvalue weighted by Crippen LogP contribution is -2.50. The Hall–Kier alpha value is -2.03. The van der Waals surface area contributed by atoms with Crippen LogP contribution in [0.15, 0.2) is 30.5 Å². The van der Waals surface area contributed by atoms with Crippen molar-refractivity contribution in [2.24, 2.45) is 0 Å². The largest absolute Gasteiger partial charge is 0.476 e. The van der Waals surface area contributed by atoms with E-state index in [1.807, 2.05) is 0 Å². The molecular weight excluding hydrogens is 401 g/mol. The number of hydrogen-bond acceptors (Lipinski definition) is 5. The highest BCUT2D eigenvalue weighted by Gasteiger charge is 2.43. The van der Waals surface area contributed by atoms with Gasteiger partial charge in [-0.3, -0.25) is 14.4 Å². The van der Waals surface area contributed by atoms with Crippen molar-refractivity contribution in [1.29, 1.82) is 0 Å². The van der Waals surface area contributed by atoms with Crippen molar-refractivity contribution in [2.75, 3.05) is 15.9 Å². The number of anilines is 3.